The van der Waals surface area contributed by atoms with E-state index < -0.39 is 0 Å². The van der Waals surface area contributed by atoms with Gasteiger partial charge in [-0.2, -0.15) is 77.9 Å². The molecule has 8 rings (SSSR count). The van der Waals surface area contributed by atoms with Crippen LogP contribution in [0.15, 0.2) is 146 Å². The van der Waals surface area contributed by atoms with Crippen LogP contribution in [0.25, 0.3) is 33.4 Å². The van der Waals surface area contributed by atoms with Gasteiger partial charge >= 0.3 is 28.4 Å². The van der Waals surface area contributed by atoms with Crippen LogP contribution in [0.5, 0.6) is 0 Å². The Hall–Kier alpha value is -3.87. The van der Waals surface area contributed by atoms with E-state index in [0.717, 1.165) is 12.8 Å². The van der Waals surface area contributed by atoms with Gasteiger partial charge in [0.2, 0.25) is 0 Å². The molecule has 0 saturated heterocycles. The SMILES string of the molecule is CC(C)(C)c1cc2c([c-]c1-c1ccccc1)Cc1cc(-c3ccccc3)c(C(C)(C)C)cc1-2.CCCCc1cc[c-]cc1.CCCCc1cc[c-]cc1.Cl.Cl.[C-]1=CC=CC1.[CH2]=[Zr]. The molecule has 0 nitrogen and oxygen atoms in total. The van der Waals surface area contributed by atoms with Crippen molar-refractivity contribution >= 4 is 29.0 Å². The van der Waals surface area contributed by atoms with Crippen LogP contribution in [0.2, 0.25) is 0 Å². The molecule has 0 fully saturated rings. The first-order valence-electron chi connectivity index (χ1n) is 21.8. The average Bonchev–Trinajstić information content (AvgIpc) is 3.98. The average molecular weight is 939 g/mol. The van der Waals surface area contributed by atoms with Crippen molar-refractivity contribution in [2.24, 2.45) is 0 Å². The summed E-state index contributed by atoms with van der Waals surface area (Å²) in [6.07, 6.45) is 18.5. The van der Waals surface area contributed by atoms with Crippen molar-refractivity contribution in [1.29, 1.82) is 0 Å². The summed E-state index contributed by atoms with van der Waals surface area (Å²) in [5, 5.41) is 0. The van der Waals surface area contributed by atoms with Crippen LogP contribution in [-0.4, -0.2) is 4.21 Å². The van der Waals surface area contributed by atoms with E-state index in [1.165, 1.54) is 130 Å². The number of halogens is 2. The number of rotatable bonds is 8. The monoisotopic (exact) mass is 936 g/mol. The van der Waals surface area contributed by atoms with Gasteiger partial charge in [0.25, 0.3) is 0 Å². The molecule has 0 aliphatic heterocycles. The molecule has 0 saturated carbocycles. The van der Waals surface area contributed by atoms with Gasteiger partial charge in [-0.05, 0) is 39.5 Å². The standard InChI is InChI=1S/C33H33.2C10H13.C5H5.CH2.2ClH.Zr/c1-32(2,3)30-20-26-24(18-28(30)22-13-9-7-10-14-22)17-25-19-29(23-15-11-8-12-16-23)31(21-27(25)26)33(4,5)6;2*1-2-3-7-10-8-5-4-6-9-10;1-2-4-5-3-1;;;;/h7-16,18,20-21H,17H2,1-6H3;2*5-6,8-9H,2-3,7H2,1H3;1-3H,4H2;1H2;2*1H;/q4*-1;;;;. The Labute approximate surface area is 404 Å². The Balaban J connectivity index is 0.000000371. The second-order valence-corrected chi connectivity index (χ2v) is 17.4. The minimum absolute atomic E-state index is 0. The van der Waals surface area contributed by atoms with Gasteiger partial charge in [0.1, 0.15) is 0 Å². The third kappa shape index (κ3) is 16.7. The van der Waals surface area contributed by atoms with E-state index in [-0.39, 0.29) is 35.6 Å². The van der Waals surface area contributed by atoms with Crippen molar-refractivity contribution in [2.45, 2.75) is 118 Å². The van der Waals surface area contributed by atoms with Crippen LogP contribution in [0, 0.1) is 24.3 Å². The van der Waals surface area contributed by atoms with Gasteiger partial charge in [-0.3, -0.25) is 6.08 Å². The van der Waals surface area contributed by atoms with Crippen LogP contribution >= 0.6 is 24.8 Å². The Kier molecular flexibility index (Phi) is 24.5. The van der Waals surface area contributed by atoms with Gasteiger partial charge < -0.3 is 0 Å². The molecule has 6 aromatic carbocycles. The van der Waals surface area contributed by atoms with Crippen LogP contribution < -0.4 is 0 Å². The fraction of sp³-hybridized carbons (Fsp3) is 0.305. The molecule has 0 spiro atoms. The van der Waals surface area contributed by atoms with Crippen molar-refractivity contribution in [1.82, 2.24) is 0 Å². The first kappa shape index (κ1) is 54.3. The van der Waals surface area contributed by atoms with Crippen molar-refractivity contribution in [3.8, 4) is 33.4 Å². The summed E-state index contributed by atoms with van der Waals surface area (Å²) in [5.41, 5.74) is 16.4. The first-order valence-corrected chi connectivity index (χ1v) is 23.6. The van der Waals surface area contributed by atoms with Crippen molar-refractivity contribution in [3.63, 3.8) is 0 Å². The molecule has 0 radical (unpaired) electrons. The van der Waals surface area contributed by atoms with Gasteiger partial charge in [-0.1, -0.05) is 183 Å². The fourth-order valence-corrected chi connectivity index (χ4v) is 7.38. The fourth-order valence-electron chi connectivity index (χ4n) is 7.38. The number of hydrogen-bond acceptors (Lipinski definition) is 0. The van der Waals surface area contributed by atoms with E-state index in [1.807, 2.05) is 36.4 Å². The molecule has 62 heavy (non-hydrogen) atoms. The zero-order chi connectivity index (χ0) is 43.4. The quantitative estimate of drug-likeness (QED) is 0.133. The van der Waals surface area contributed by atoms with E-state index in [2.05, 4.69) is 193 Å². The van der Waals surface area contributed by atoms with E-state index >= 15 is 0 Å². The van der Waals surface area contributed by atoms with Crippen LogP contribution in [-0.2, 0) is 54.3 Å². The third-order valence-corrected chi connectivity index (χ3v) is 10.6. The summed E-state index contributed by atoms with van der Waals surface area (Å²) < 4.78 is 3.34. The summed E-state index contributed by atoms with van der Waals surface area (Å²) >= 11 is 1.30. The molecule has 326 valence electrons. The molecule has 0 aromatic heterocycles. The maximum absolute atomic E-state index is 3.88. The van der Waals surface area contributed by atoms with Crippen molar-refractivity contribution in [2.75, 3.05) is 0 Å². The van der Waals surface area contributed by atoms with Crippen molar-refractivity contribution < 1.29 is 24.2 Å². The molecular formula is C59H68Cl2Zr-4. The molecule has 0 amide bonds. The van der Waals surface area contributed by atoms with Gasteiger partial charge in [0, 0.05) is 0 Å². The molecular weight excluding hydrogens is 871 g/mol. The number of unbranched alkanes of at least 4 members (excludes halogenated alkanes) is 2. The van der Waals surface area contributed by atoms with Crippen LogP contribution in [0.3, 0.4) is 0 Å². The van der Waals surface area contributed by atoms with E-state index in [9.17, 15) is 0 Å². The summed E-state index contributed by atoms with van der Waals surface area (Å²) in [5.74, 6) is 0. The Morgan fingerprint density at radius 2 is 1.06 bits per heavy atom. The van der Waals surface area contributed by atoms with E-state index in [4.69, 9.17) is 0 Å². The Morgan fingerprint density at radius 1 is 0.581 bits per heavy atom. The molecule has 0 atom stereocenters. The molecule has 0 heterocycles. The van der Waals surface area contributed by atoms with Gasteiger partial charge in [0.05, 0.1) is 0 Å². The van der Waals surface area contributed by atoms with Gasteiger partial charge in [-0.25, -0.2) is 12.2 Å². The molecule has 0 N–H and O–H groups in total. The summed E-state index contributed by atoms with van der Waals surface area (Å²) in [4.78, 5) is 0. The van der Waals surface area contributed by atoms with Crippen molar-refractivity contribution in [3.05, 3.63) is 203 Å². The first-order chi connectivity index (χ1) is 29.0. The minimum atomic E-state index is 0. The molecule has 2 aliphatic rings. The zero-order valence-corrected chi connectivity index (χ0v) is 42.6. The number of aryl methyl sites for hydroxylation is 2. The number of allylic oxidation sites excluding steroid dienone is 4. The predicted molar refractivity (Wildman–Crippen MR) is 273 cm³/mol. The van der Waals surface area contributed by atoms with Gasteiger partial charge in [0.15, 0.2) is 0 Å². The molecule has 0 unspecified atom stereocenters. The van der Waals surface area contributed by atoms with Crippen LogP contribution in [0.1, 0.15) is 121 Å². The molecule has 3 heteroatoms. The van der Waals surface area contributed by atoms with E-state index in [0.29, 0.717) is 0 Å². The van der Waals surface area contributed by atoms with Gasteiger partial charge in [-0.15, -0.1) is 60.1 Å². The topological polar surface area (TPSA) is 0 Å². The normalized spacial score (nSPS) is 11.5. The predicted octanol–water partition coefficient (Wildman–Crippen LogP) is 16.8. The number of fused-ring (bicyclic) bond motifs is 3. The molecule has 2 aliphatic carbocycles. The zero-order valence-electron chi connectivity index (χ0n) is 38.5. The summed E-state index contributed by atoms with van der Waals surface area (Å²) in [6, 6.07) is 55.3. The third-order valence-electron chi connectivity index (χ3n) is 10.6. The summed E-state index contributed by atoms with van der Waals surface area (Å²) in [7, 11) is 0. The second kappa shape index (κ2) is 28.0. The van der Waals surface area contributed by atoms with Crippen LogP contribution in [0.4, 0.5) is 0 Å². The number of hydrogen-bond donors (Lipinski definition) is 0. The Morgan fingerprint density at radius 3 is 1.48 bits per heavy atom. The summed E-state index contributed by atoms with van der Waals surface area (Å²) in [6.45, 7) is 18.3. The second-order valence-electron chi connectivity index (χ2n) is 17.4. The maximum atomic E-state index is 3.88. The Bertz CT molecular complexity index is 2050. The van der Waals surface area contributed by atoms with E-state index in [1.54, 1.807) is 0 Å². The molecule has 6 aromatic rings. The molecule has 0 bridgehead atoms. The number of benzene rings is 6.